The zero-order valence-electron chi connectivity index (χ0n) is 8.96. The number of nitrogens with two attached hydrogens (primary N) is 1. The van der Waals surface area contributed by atoms with E-state index in [1.807, 2.05) is 0 Å². The zero-order chi connectivity index (χ0) is 9.68. The van der Waals surface area contributed by atoms with Gasteiger partial charge in [0.05, 0.1) is 0 Å². The molecule has 1 saturated carbocycles. The molecule has 1 fully saturated rings. The second kappa shape index (κ2) is 5.92. The first-order valence-electron chi connectivity index (χ1n) is 5.63. The van der Waals surface area contributed by atoms with Crippen LogP contribution in [0.3, 0.4) is 0 Å². The minimum Gasteiger partial charge on any atom is -0.329 e. The molecule has 0 heterocycles. The Balaban J connectivity index is 2.35. The molecule has 3 atom stereocenters. The van der Waals surface area contributed by atoms with Gasteiger partial charge in [0.2, 0.25) is 0 Å². The van der Waals surface area contributed by atoms with Gasteiger partial charge in [-0.1, -0.05) is 33.1 Å². The van der Waals surface area contributed by atoms with Crippen molar-refractivity contribution >= 4 is 11.8 Å². The van der Waals surface area contributed by atoms with Crippen LogP contribution in [0.15, 0.2) is 0 Å². The van der Waals surface area contributed by atoms with Gasteiger partial charge in [0.1, 0.15) is 0 Å². The lowest BCUT2D eigenvalue weighted by molar-refractivity contribution is 0.361. The second-order valence-electron chi connectivity index (χ2n) is 4.17. The molecule has 0 aliphatic heterocycles. The van der Waals surface area contributed by atoms with E-state index in [-0.39, 0.29) is 0 Å². The highest BCUT2D eigenvalue weighted by Crippen LogP contribution is 2.36. The Morgan fingerprint density at radius 3 is 2.69 bits per heavy atom. The Labute approximate surface area is 86.8 Å². The predicted molar refractivity (Wildman–Crippen MR) is 62.1 cm³/mol. The predicted octanol–water partition coefficient (Wildman–Crippen LogP) is 3.04. The number of hydrogen-bond acceptors (Lipinski definition) is 2. The summed E-state index contributed by atoms with van der Waals surface area (Å²) in [6.45, 7) is 5.42. The average molecular weight is 201 g/mol. The van der Waals surface area contributed by atoms with E-state index in [0.717, 1.165) is 17.7 Å². The number of thioether (sulfide) groups is 1. The van der Waals surface area contributed by atoms with Crippen molar-refractivity contribution < 1.29 is 0 Å². The summed E-state index contributed by atoms with van der Waals surface area (Å²) < 4.78 is 0. The molecule has 0 aromatic rings. The third kappa shape index (κ3) is 3.51. The molecule has 1 aliphatic carbocycles. The van der Waals surface area contributed by atoms with Gasteiger partial charge in [-0.15, -0.1) is 0 Å². The average Bonchev–Trinajstić information content (AvgIpc) is 2.18. The molecule has 0 radical (unpaired) electrons. The lowest BCUT2D eigenvalue weighted by atomic mass is 9.87. The van der Waals surface area contributed by atoms with Crippen molar-refractivity contribution in [1.82, 2.24) is 0 Å². The Morgan fingerprint density at radius 2 is 2.08 bits per heavy atom. The van der Waals surface area contributed by atoms with Crippen LogP contribution in [0.25, 0.3) is 0 Å². The summed E-state index contributed by atoms with van der Waals surface area (Å²) in [5.41, 5.74) is 5.66. The van der Waals surface area contributed by atoms with Crippen molar-refractivity contribution in [2.24, 2.45) is 11.7 Å². The van der Waals surface area contributed by atoms with Crippen LogP contribution in [0.4, 0.5) is 0 Å². The highest BCUT2D eigenvalue weighted by atomic mass is 32.2. The third-order valence-electron chi connectivity index (χ3n) is 3.10. The van der Waals surface area contributed by atoms with Crippen LogP contribution in [-0.4, -0.2) is 17.0 Å². The third-order valence-corrected chi connectivity index (χ3v) is 4.73. The highest BCUT2D eigenvalue weighted by molar-refractivity contribution is 8.00. The van der Waals surface area contributed by atoms with Crippen LogP contribution in [0.1, 0.15) is 46.0 Å². The van der Waals surface area contributed by atoms with Crippen molar-refractivity contribution in [2.45, 2.75) is 56.5 Å². The maximum absolute atomic E-state index is 5.66. The summed E-state index contributed by atoms with van der Waals surface area (Å²) in [4.78, 5) is 0. The van der Waals surface area contributed by atoms with Gasteiger partial charge in [-0.3, -0.25) is 0 Å². The molecule has 0 amide bonds. The second-order valence-corrected chi connectivity index (χ2v) is 5.86. The van der Waals surface area contributed by atoms with E-state index in [1.165, 1.54) is 32.1 Å². The molecule has 0 spiro atoms. The van der Waals surface area contributed by atoms with Crippen molar-refractivity contribution in [3.8, 4) is 0 Å². The van der Waals surface area contributed by atoms with Crippen molar-refractivity contribution in [3.05, 3.63) is 0 Å². The van der Waals surface area contributed by atoms with Gasteiger partial charge in [0.25, 0.3) is 0 Å². The first kappa shape index (κ1) is 11.4. The largest absolute Gasteiger partial charge is 0.329 e. The lowest BCUT2D eigenvalue weighted by Crippen LogP contribution is -2.25. The van der Waals surface area contributed by atoms with Gasteiger partial charge in [-0.2, -0.15) is 11.8 Å². The van der Waals surface area contributed by atoms with E-state index in [4.69, 9.17) is 5.73 Å². The minimum atomic E-state index is 0.650. The van der Waals surface area contributed by atoms with Crippen molar-refractivity contribution in [3.63, 3.8) is 0 Å². The van der Waals surface area contributed by atoms with E-state index >= 15 is 0 Å². The first-order valence-corrected chi connectivity index (χ1v) is 6.57. The normalized spacial score (nSPS) is 31.6. The topological polar surface area (TPSA) is 26.0 Å². The summed E-state index contributed by atoms with van der Waals surface area (Å²) in [6, 6.07) is 0. The molecule has 0 saturated heterocycles. The summed E-state index contributed by atoms with van der Waals surface area (Å²) in [5, 5.41) is 1.55. The Kier molecular flexibility index (Phi) is 5.18. The van der Waals surface area contributed by atoms with Crippen LogP contribution in [0.5, 0.6) is 0 Å². The Hall–Kier alpha value is 0.310. The highest BCUT2D eigenvalue weighted by Gasteiger charge is 2.25. The maximum Gasteiger partial charge on any atom is 0.0144 e. The molecule has 1 nitrogen and oxygen atoms in total. The molecular formula is C11H23NS. The fourth-order valence-corrected chi connectivity index (χ4v) is 3.74. The van der Waals surface area contributed by atoms with Crippen LogP contribution >= 0.6 is 11.8 Å². The van der Waals surface area contributed by atoms with E-state index < -0.39 is 0 Å². The summed E-state index contributed by atoms with van der Waals surface area (Å²) in [7, 11) is 0. The molecule has 0 aromatic heterocycles. The summed E-state index contributed by atoms with van der Waals surface area (Å²) in [5.74, 6) is 0.966. The van der Waals surface area contributed by atoms with Crippen molar-refractivity contribution in [1.29, 1.82) is 0 Å². The molecule has 2 heteroatoms. The van der Waals surface area contributed by atoms with E-state index in [1.54, 1.807) is 0 Å². The van der Waals surface area contributed by atoms with Crippen LogP contribution in [-0.2, 0) is 0 Å². The van der Waals surface area contributed by atoms with E-state index in [0.29, 0.717) is 5.25 Å². The molecule has 1 aliphatic rings. The molecular weight excluding hydrogens is 178 g/mol. The molecule has 0 bridgehead atoms. The van der Waals surface area contributed by atoms with Crippen LogP contribution < -0.4 is 5.73 Å². The van der Waals surface area contributed by atoms with E-state index in [9.17, 15) is 0 Å². The van der Waals surface area contributed by atoms with E-state index in [2.05, 4.69) is 25.6 Å². The van der Waals surface area contributed by atoms with Gasteiger partial charge in [-0.25, -0.2) is 0 Å². The first-order chi connectivity index (χ1) is 6.27. The van der Waals surface area contributed by atoms with Crippen LogP contribution in [0.2, 0.25) is 0 Å². The van der Waals surface area contributed by atoms with Gasteiger partial charge >= 0.3 is 0 Å². The van der Waals surface area contributed by atoms with Gasteiger partial charge < -0.3 is 5.73 Å². The standard InChI is InChI=1S/C11H23NS/c1-3-10-6-4-5-7-11(10)13-9(2)8-12/h9-11H,3-8,12H2,1-2H3. The van der Waals surface area contributed by atoms with Crippen LogP contribution in [0, 0.1) is 5.92 Å². The molecule has 2 N–H and O–H groups in total. The fourth-order valence-electron chi connectivity index (χ4n) is 2.17. The summed E-state index contributed by atoms with van der Waals surface area (Å²) in [6.07, 6.45) is 7.12. The SMILES string of the molecule is CCC1CCCCC1SC(C)CN. The monoisotopic (exact) mass is 201 g/mol. The van der Waals surface area contributed by atoms with Gasteiger partial charge in [0, 0.05) is 17.0 Å². The summed E-state index contributed by atoms with van der Waals surface area (Å²) >= 11 is 2.13. The fraction of sp³-hybridized carbons (Fsp3) is 1.00. The zero-order valence-corrected chi connectivity index (χ0v) is 9.78. The molecule has 3 unspecified atom stereocenters. The molecule has 13 heavy (non-hydrogen) atoms. The minimum absolute atomic E-state index is 0.650. The van der Waals surface area contributed by atoms with Crippen molar-refractivity contribution in [2.75, 3.05) is 6.54 Å². The molecule has 78 valence electrons. The Bertz CT molecular complexity index is 138. The van der Waals surface area contributed by atoms with Gasteiger partial charge in [0.15, 0.2) is 0 Å². The number of rotatable bonds is 4. The maximum atomic E-state index is 5.66. The number of hydrogen-bond donors (Lipinski definition) is 1. The Morgan fingerprint density at radius 1 is 1.38 bits per heavy atom. The van der Waals surface area contributed by atoms with Gasteiger partial charge in [-0.05, 0) is 18.8 Å². The molecule has 1 rings (SSSR count). The quantitative estimate of drug-likeness (QED) is 0.756. The smallest absolute Gasteiger partial charge is 0.0144 e. The lowest BCUT2D eigenvalue weighted by Gasteiger charge is -2.32. The molecule has 0 aromatic carbocycles.